The molecule has 0 aliphatic carbocycles. The number of nitrogens with two attached hydrogens (primary N) is 1. The van der Waals surface area contributed by atoms with Crippen LogP contribution in [-0.2, 0) is 17.9 Å². The molecule has 92 valence electrons. The summed E-state index contributed by atoms with van der Waals surface area (Å²) in [6.07, 6.45) is -4.83. The van der Waals surface area contributed by atoms with Crippen LogP contribution in [0.25, 0.3) is 0 Å². The number of carbonyl (C=O) groups is 1. The van der Waals surface area contributed by atoms with Gasteiger partial charge in [-0.3, -0.25) is 4.79 Å². The van der Waals surface area contributed by atoms with Crippen LogP contribution in [0, 0.1) is 0 Å². The molecule has 1 aromatic carbocycles. The van der Waals surface area contributed by atoms with Gasteiger partial charge in [-0.05, 0) is 33.1 Å². The Balaban J connectivity index is 2.28. The maximum Gasteiger partial charge on any atom is 0.471 e. The number of halogens is 4. The third-order valence-corrected chi connectivity index (χ3v) is 3.55. The number of hydrogen-bond acceptors (Lipinski definition) is 2. The van der Waals surface area contributed by atoms with E-state index in [0.29, 0.717) is 21.3 Å². The van der Waals surface area contributed by atoms with Crippen LogP contribution in [0.4, 0.5) is 18.9 Å². The maximum absolute atomic E-state index is 12.3. The summed E-state index contributed by atoms with van der Waals surface area (Å²) in [6, 6.07) is 3.24. The average Bonchev–Trinajstić information content (AvgIpc) is 2.65. The third kappa shape index (κ3) is 2.11. The molecule has 2 rings (SSSR count). The van der Waals surface area contributed by atoms with Crippen LogP contribution in [-0.4, -0.2) is 17.0 Å². The highest BCUT2D eigenvalue weighted by molar-refractivity contribution is 9.10. The lowest BCUT2D eigenvalue weighted by atomic mass is 10.1. The van der Waals surface area contributed by atoms with E-state index in [-0.39, 0.29) is 13.1 Å². The number of nitrogen functional groups attached to an aromatic ring is 1. The Hall–Kier alpha value is -1.24. The molecule has 1 amide bonds. The Morgan fingerprint density at radius 2 is 2.00 bits per heavy atom. The lowest BCUT2D eigenvalue weighted by Gasteiger charge is -2.16. The third-order valence-electron chi connectivity index (χ3n) is 2.61. The summed E-state index contributed by atoms with van der Waals surface area (Å²) in [7, 11) is 0. The predicted molar refractivity (Wildman–Crippen MR) is 58.9 cm³/mol. The van der Waals surface area contributed by atoms with Crippen LogP contribution < -0.4 is 5.73 Å². The highest BCUT2D eigenvalue weighted by Crippen LogP contribution is 2.35. The van der Waals surface area contributed by atoms with E-state index in [2.05, 4.69) is 15.9 Å². The molecular weight excluding hydrogens is 301 g/mol. The SMILES string of the molecule is Nc1ccc2c(c1Br)CN(C(=O)C(F)(F)F)C2. The summed E-state index contributed by atoms with van der Waals surface area (Å²) in [5.41, 5.74) is 7.40. The second kappa shape index (κ2) is 3.90. The van der Waals surface area contributed by atoms with Crippen LogP contribution in [0.15, 0.2) is 16.6 Å². The molecule has 0 radical (unpaired) electrons. The molecular formula is C10H8BrF3N2O. The van der Waals surface area contributed by atoms with E-state index in [9.17, 15) is 18.0 Å². The van der Waals surface area contributed by atoms with E-state index in [4.69, 9.17) is 5.73 Å². The van der Waals surface area contributed by atoms with Gasteiger partial charge in [0.2, 0.25) is 0 Å². The van der Waals surface area contributed by atoms with Crippen LogP contribution in [0.5, 0.6) is 0 Å². The smallest absolute Gasteiger partial charge is 0.398 e. The minimum absolute atomic E-state index is 0.0352. The molecule has 1 aliphatic heterocycles. The monoisotopic (exact) mass is 308 g/mol. The van der Waals surface area contributed by atoms with Gasteiger partial charge in [0.05, 0.1) is 0 Å². The number of rotatable bonds is 0. The molecule has 17 heavy (non-hydrogen) atoms. The molecule has 0 aromatic heterocycles. The van der Waals surface area contributed by atoms with Gasteiger partial charge in [0.1, 0.15) is 0 Å². The Bertz CT molecular complexity index is 487. The highest BCUT2D eigenvalue weighted by Gasteiger charge is 2.44. The predicted octanol–water partition coefficient (Wildman–Crippen LogP) is 2.44. The van der Waals surface area contributed by atoms with Crippen molar-refractivity contribution in [1.82, 2.24) is 4.90 Å². The standard InChI is InChI=1S/C10H8BrF3N2O/c11-8-6-4-16(9(17)10(12,13)14)3-5(6)1-2-7(8)15/h1-2H,3-4,15H2. The van der Waals surface area contributed by atoms with Gasteiger partial charge in [-0.1, -0.05) is 6.07 Å². The van der Waals surface area contributed by atoms with E-state index >= 15 is 0 Å². The van der Waals surface area contributed by atoms with Crippen molar-refractivity contribution in [2.45, 2.75) is 19.3 Å². The molecule has 0 saturated carbocycles. The summed E-state index contributed by atoms with van der Waals surface area (Å²) < 4.78 is 37.4. The van der Waals surface area contributed by atoms with Crippen molar-refractivity contribution in [2.24, 2.45) is 0 Å². The van der Waals surface area contributed by atoms with Gasteiger partial charge in [0.15, 0.2) is 0 Å². The second-order valence-electron chi connectivity index (χ2n) is 3.77. The molecule has 1 aromatic rings. The first kappa shape index (κ1) is 12.2. The Kier molecular flexibility index (Phi) is 2.81. The quantitative estimate of drug-likeness (QED) is 0.748. The zero-order valence-corrected chi connectivity index (χ0v) is 10.1. The summed E-state index contributed by atoms with van der Waals surface area (Å²) in [5, 5.41) is 0. The largest absolute Gasteiger partial charge is 0.471 e. The first-order valence-corrected chi connectivity index (χ1v) is 5.52. The fraction of sp³-hybridized carbons (Fsp3) is 0.300. The van der Waals surface area contributed by atoms with E-state index in [1.165, 1.54) is 0 Å². The molecule has 0 atom stereocenters. The van der Waals surface area contributed by atoms with Crippen LogP contribution in [0.2, 0.25) is 0 Å². The van der Waals surface area contributed by atoms with Gasteiger partial charge in [-0.15, -0.1) is 0 Å². The van der Waals surface area contributed by atoms with Crippen LogP contribution in [0.3, 0.4) is 0 Å². The lowest BCUT2D eigenvalue weighted by Crippen LogP contribution is -2.37. The zero-order valence-electron chi connectivity index (χ0n) is 8.51. The van der Waals surface area contributed by atoms with Crippen molar-refractivity contribution in [2.75, 3.05) is 5.73 Å². The molecule has 0 fully saturated rings. The topological polar surface area (TPSA) is 46.3 Å². The number of anilines is 1. The van der Waals surface area contributed by atoms with Crippen molar-refractivity contribution in [1.29, 1.82) is 0 Å². The first-order valence-electron chi connectivity index (χ1n) is 4.72. The molecule has 7 heteroatoms. The van der Waals surface area contributed by atoms with E-state index in [0.717, 1.165) is 4.90 Å². The second-order valence-corrected chi connectivity index (χ2v) is 4.56. The van der Waals surface area contributed by atoms with Crippen LogP contribution >= 0.6 is 15.9 Å². The van der Waals surface area contributed by atoms with Crippen molar-refractivity contribution < 1.29 is 18.0 Å². The Morgan fingerprint density at radius 3 is 2.59 bits per heavy atom. The molecule has 0 unspecified atom stereocenters. The minimum Gasteiger partial charge on any atom is -0.398 e. The summed E-state index contributed by atoms with van der Waals surface area (Å²) in [5.74, 6) is -1.82. The van der Waals surface area contributed by atoms with E-state index in [1.54, 1.807) is 12.1 Å². The van der Waals surface area contributed by atoms with Gasteiger partial charge in [-0.25, -0.2) is 0 Å². The Morgan fingerprint density at radius 1 is 1.35 bits per heavy atom. The molecule has 0 spiro atoms. The first-order chi connectivity index (χ1) is 7.80. The van der Waals surface area contributed by atoms with E-state index < -0.39 is 12.1 Å². The maximum atomic E-state index is 12.3. The van der Waals surface area contributed by atoms with Crippen molar-refractivity contribution in [3.8, 4) is 0 Å². The molecule has 0 saturated heterocycles. The summed E-state index contributed by atoms with van der Waals surface area (Å²) in [4.78, 5) is 11.8. The number of amides is 1. The molecule has 1 aliphatic rings. The van der Waals surface area contributed by atoms with Crippen molar-refractivity contribution >= 4 is 27.5 Å². The fourth-order valence-corrected chi connectivity index (χ4v) is 2.29. The minimum atomic E-state index is -4.83. The normalized spacial score (nSPS) is 14.9. The number of nitrogens with zero attached hydrogens (tertiary/aromatic N) is 1. The molecule has 2 N–H and O–H groups in total. The van der Waals surface area contributed by atoms with Gasteiger partial charge < -0.3 is 10.6 Å². The van der Waals surface area contributed by atoms with Gasteiger partial charge >= 0.3 is 12.1 Å². The van der Waals surface area contributed by atoms with Gasteiger partial charge in [-0.2, -0.15) is 13.2 Å². The number of benzene rings is 1. The zero-order chi connectivity index (χ0) is 12.8. The number of hydrogen-bond donors (Lipinski definition) is 1. The molecule has 3 nitrogen and oxygen atoms in total. The summed E-state index contributed by atoms with van der Waals surface area (Å²) in [6.45, 7) is -0.105. The lowest BCUT2D eigenvalue weighted by molar-refractivity contribution is -0.186. The number of carbonyl (C=O) groups excluding carboxylic acids is 1. The number of alkyl halides is 3. The van der Waals surface area contributed by atoms with Crippen molar-refractivity contribution in [3.63, 3.8) is 0 Å². The average molecular weight is 309 g/mol. The highest BCUT2D eigenvalue weighted by atomic mass is 79.9. The number of fused-ring (bicyclic) bond motifs is 1. The molecule has 0 bridgehead atoms. The van der Waals surface area contributed by atoms with Crippen molar-refractivity contribution in [3.05, 3.63) is 27.7 Å². The Labute approximate surface area is 104 Å². The van der Waals surface area contributed by atoms with Gasteiger partial charge in [0, 0.05) is 23.2 Å². The fourth-order valence-electron chi connectivity index (χ4n) is 1.77. The van der Waals surface area contributed by atoms with E-state index in [1.807, 2.05) is 0 Å². The van der Waals surface area contributed by atoms with Gasteiger partial charge in [0.25, 0.3) is 0 Å². The summed E-state index contributed by atoms with van der Waals surface area (Å²) >= 11 is 3.21. The molecule has 1 heterocycles. The van der Waals surface area contributed by atoms with Crippen LogP contribution in [0.1, 0.15) is 11.1 Å².